The number of thioether (sulfide) groups is 1. The molecule has 0 atom stereocenters. The van der Waals surface area contributed by atoms with E-state index in [1.54, 1.807) is 6.92 Å². The molecule has 1 N–H and O–H groups in total. The summed E-state index contributed by atoms with van der Waals surface area (Å²) in [5.74, 6) is -0.479. The number of anilines is 1. The average Bonchev–Trinajstić information content (AvgIpc) is 3.11. The van der Waals surface area contributed by atoms with E-state index < -0.39 is 11.7 Å². The highest BCUT2D eigenvalue weighted by atomic mass is 35.5. The molecule has 0 fully saturated rings. The second kappa shape index (κ2) is 7.51. The minimum absolute atomic E-state index is 0.0585. The van der Waals surface area contributed by atoms with Crippen LogP contribution >= 0.6 is 34.7 Å². The lowest BCUT2D eigenvalue weighted by Crippen LogP contribution is -2.17. The Balaban J connectivity index is 1.97. The average molecular weight is 394 g/mol. The second-order valence-corrected chi connectivity index (χ2v) is 7.25. The number of nitrogens with one attached hydrogen (secondary N) is 1. The van der Waals surface area contributed by atoms with Gasteiger partial charge in [0, 0.05) is 5.02 Å². The molecule has 0 spiro atoms. The summed E-state index contributed by atoms with van der Waals surface area (Å²) in [4.78, 5) is 22.5. The first kappa shape index (κ1) is 17.8. The molecule has 2 aromatic heterocycles. The second-order valence-electron chi connectivity index (χ2n) is 5.07. The van der Waals surface area contributed by atoms with Gasteiger partial charge in [-0.1, -0.05) is 17.7 Å². The van der Waals surface area contributed by atoms with E-state index in [4.69, 9.17) is 11.6 Å². The highest BCUT2D eigenvalue weighted by molar-refractivity contribution is 7.98. The van der Waals surface area contributed by atoms with Gasteiger partial charge in [-0.15, -0.1) is 23.1 Å². The Bertz CT molecular complexity index is 932. The first-order valence-corrected chi connectivity index (χ1v) is 9.70. The van der Waals surface area contributed by atoms with Gasteiger partial charge in [-0.3, -0.25) is 4.79 Å². The Labute approximate surface area is 157 Å². The maximum absolute atomic E-state index is 13.9. The molecule has 0 aliphatic rings. The number of hydrogen-bond acceptors (Lipinski definition) is 5. The van der Waals surface area contributed by atoms with Gasteiger partial charge in [0.15, 0.2) is 5.82 Å². The smallest absolute Gasteiger partial charge is 0.260 e. The third kappa shape index (κ3) is 3.84. The molecule has 3 aromatic rings. The third-order valence-electron chi connectivity index (χ3n) is 3.40. The fraction of sp³-hybridized carbons (Fsp3) is 0.118. The molecule has 0 unspecified atom stereocenters. The van der Waals surface area contributed by atoms with Gasteiger partial charge in [0.05, 0.1) is 21.8 Å². The molecule has 2 heterocycles. The van der Waals surface area contributed by atoms with Crippen LogP contribution in [-0.2, 0) is 0 Å². The molecular weight excluding hydrogens is 381 g/mol. The van der Waals surface area contributed by atoms with Crippen molar-refractivity contribution in [2.24, 2.45) is 0 Å². The molecule has 1 aromatic carbocycles. The van der Waals surface area contributed by atoms with Crippen LogP contribution in [0.2, 0.25) is 5.02 Å². The van der Waals surface area contributed by atoms with Gasteiger partial charge in [-0.2, -0.15) is 0 Å². The molecule has 0 saturated carbocycles. The van der Waals surface area contributed by atoms with Crippen molar-refractivity contribution in [3.8, 4) is 10.7 Å². The van der Waals surface area contributed by atoms with E-state index >= 15 is 0 Å². The number of halogens is 2. The SMILES string of the molecule is CSc1nc(-c2cccs2)nc(C)c1C(=O)Nc1ccc(Cl)cc1F. The Hall–Kier alpha value is -1.96. The van der Waals surface area contributed by atoms with Gasteiger partial charge in [0.2, 0.25) is 0 Å². The molecule has 0 radical (unpaired) electrons. The van der Waals surface area contributed by atoms with Gasteiger partial charge in [0.1, 0.15) is 10.8 Å². The van der Waals surface area contributed by atoms with Crippen molar-refractivity contribution < 1.29 is 9.18 Å². The molecule has 0 saturated heterocycles. The van der Waals surface area contributed by atoms with E-state index in [1.807, 2.05) is 23.8 Å². The quantitative estimate of drug-likeness (QED) is 0.484. The molecule has 3 rings (SSSR count). The number of aryl methyl sites for hydroxylation is 1. The van der Waals surface area contributed by atoms with Crippen molar-refractivity contribution in [2.75, 3.05) is 11.6 Å². The van der Waals surface area contributed by atoms with E-state index in [0.29, 0.717) is 22.1 Å². The largest absolute Gasteiger partial charge is 0.319 e. The van der Waals surface area contributed by atoms with Crippen molar-refractivity contribution in [3.63, 3.8) is 0 Å². The van der Waals surface area contributed by atoms with Crippen molar-refractivity contribution >= 4 is 46.3 Å². The lowest BCUT2D eigenvalue weighted by atomic mass is 10.2. The minimum atomic E-state index is -0.597. The van der Waals surface area contributed by atoms with Crippen LogP contribution < -0.4 is 5.32 Å². The first-order valence-electron chi connectivity index (χ1n) is 7.22. The topological polar surface area (TPSA) is 54.9 Å². The number of thiophene rings is 1. The van der Waals surface area contributed by atoms with E-state index in [2.05, 4.69) is 15.3 Å². The summed E-state index contributed by atoms with van der Waals surface area (Å²) in [5.41, 5.74) is 0.931. The van der Waals surface area contributed by atoms with Crippen LogP contribution in [0.1, 0.15) is 16.1 Å². The fourth-order valence-corrected chi connectivity index (χ4v) is 3.69. The van der Waals surface area contributed by atoms with Gasteiger partial charge in [-0.05, 0) is 42.8 Å². The van der Waals surface area contributed by atoms with E-state index in [9.17, 15) is 9.18 Å². The minimum Gasteiger partial charge on any atom is -0.319 e. The number of aromatic nitrogens is 2. The van der Waals surface area contributed by atoms with Gasteiger partial charge >= 0.3 is 0 Å². The zero-order valence-electron chi connectivity index (χ0n) is 13.3. The number of benzene rings is 1. The molecule has 128 valence electrons. The first-order chi connectivity index (χ1) is 12.0. The Morgan fingerprint density at radius 1 is 1.32 bits per heavy atom. The summed E-state index contributed by atoms with van der Waals surface area (Å²) in [6.07, 6.45) is 1.83. The maximum atomic E-state index is 13.9. The van der Waals surface area contributed by atoms with Crippen LogP contribution in [0.5, 0.6) is 0 Å². The normalized spacial score (nSPS) is 10.7. The molecule has 0 bridgehead atoms. The van der Waals surface area contributed by atoms with Gasteiger partial charge in [-0.25, -0.2) is 14.4 Å². The van der Waals surface area contributed by atoms with Gasteiger partial charge in [0.25, 0.3) is 5.91 Å². The van der Waals surface area contributed by atoms with Crippen LogP contribution in [0.25, 0.3) is 10.7 Å². The van der Waals surface area contributed by atoms with Crippen molar-refractivity contribution in [1.82, 2.24) is 9.97 Å². The molecular formula is C17H13ClFN3OS2. The monoisotopic (exact) mass is 393 g/mol. The standard InChI is InChI=1S/C17H13ClFN3OS2/c1-9-14(16(23)21-12-6-5-10(18)8-11(12)19)17(24-2)22-15(20-9)13-4-3-7-25-13/h3-8H,1-2H3,(H,21,23). The molecule has 4 nitrogen and oxygen atoms in total. The molecule has 0 aliphatic carbocycles. The number of hydrogen-bond donors (Lipinski definition) is 1. The van der Waals surface area contributed by atoms with E-state index in [0.717, 1.165) is 10.9 Å². The number of nitrogens with zero attached hydrogens (tertiary/aromatic N) is 2. The van der Waals surface area contributed by atoms with Crippen LogP contribution in [-0.4, -0.2) is 22.1 Å². The number of carbonyl (C=O) groups excluding carboxylic acids is 1. The fourth-order valence-electron chi connectivity index (χ4n) is 2.25. The highest BCUT2D eigenvalue weighted by Crippen LogP contribution is 2.28. The predicted molar refractivity (Wildman–Crippen MR) is 101 cm³/mol. The number of amides is 1. The summed E-state index contributed by atoms with van der Waals surface area (Å²) >= 11 is 8.61. The van der Waals surface area contributed by atoms with E-state index in [1.165, 1.54) is 35.2 Å². The molecule has 25 heavy (non-hydrogen) atoms. The summed E-state index contributed by atoms with van der Waals surface area (Å²) in [7, 11) is 0. The highest BCUT2D eigenvalue weighted by Gasteiger charge is 2.20. The van der Waals surface area contributed by atoms with Crippen molar-refractivity contribution in [2.45, 2.75) is 11.9 Å². The predicted octanol–water partition coefficient (Wildman–Crippen LogP) is 5.28. The van der Waals surface area contributed by atoms with Crippen LogP contribution in [0.15, 0.2) is 40.7 Å². The summed E-state index contributed by atoms with van der Waals surface area (Å²) in [5, 5.41) is 5.31. The molecule has 0 aliphatic heterocycles. The summed E-state index contributed by atoms with van der Waals surface area (Å²) < 4.78 is 13.9. The van der Waals surface area contributed by atoms with Crippen LogP contribution in [0.3, 0.4) is 0 Å². The lowest BCUT2D eigenvalue weighted by Gasteiger charge is -2.12. The summed E-state index contributed by atoms with van der Waals surface area (Å²) in [6, 6.07) is 7.92. The van der Waals surface area contributed by atoms with Crippen molar-refractivity contribution in [1.29, 1.82) is 0 Å². The molecule has 1 amide bonds. The van der Waals surface area contributed by atoms with Crippen LogP contribution in [0, 0.1) is 12.7 Å². The van der Waals surface area contributed by atoms with Crippen molar-refractivity contribution in [3.05, 3.63) is 57.8 Å². The summed E-state index contributed by atoms with van der Waals surface area (Å²) in [6.45, 7) is 1.74. The third-order valence-corrected chi connectivity index (χ3v) is 5.18. The maximum Gasteiger partial charge on any atom is 0.260 e. The Morgan fingerprint density at radius 2 is 2.12 bits per heavy atom. The number of rotatable bonds is 4. The van der Waals surface area contributed by atoms with Crippen LogP contribution in [0.4, 0.5) is 10.1 Å². The van der Waals surface area contributed by atoms with E-state index in [-0.39, 0.29) is 10.7 Å². The molecule has 8 heteroatoms. The zero-order valence-corrected chi connectivity index (χ0v) is 15.7. The Morgan fingerprint density at radius 3 is 2.76 bits per heavy atom. The van der Waals surface area contributed by atoms with Gasteiger partial charge < -0.3 is 5.32 Å². The zero-order chi connectivity index (χ0) is 18.0. The number of carbonyl (C=O) groups is 1. The Kier molecular flexibility index (Phi) is 5.36. The lowest BCUT2D eigenvalue weighted by molar-refractivity contribution is 0.102.